The minimum Gasteiger partial charge on any atom is -0.466 e. The maximum atomic E-state index is 11.9. The van der Waals surface area contributed by atoms with E-state index in [1.807, 2.05) is 18.4 Å². The van der Waals surface area contributed by atoms with Gasteiger partial charge in [0.1, 0.15) is 17.1 Å². The number of furan rings is 1. The number of nitrogens with one attached hydrogen (secondary N) is 1. The van der Waals surface area contributed by atoms with E-state index in [4.69, 9.17) is 16.0 Å². The van der Waals surface area contributed by atoms with Gasteiger partial charge in [-0.25, -0.2) is 0 Å². The molecule has 0 bridgehead atoms. The second-order valence-corrected chi connectivity index (χ2v) is 7.04. The number of aryl methyl sites for hydroxylation is 3. The fraction of sp³-hybridized carbons (Fsp3) is 0.438. The Hall–Kier alpha value is -1.30. The van der Waals surface area contributed by atoms with Gasteiger partial charge < -0.3 is 14.8 Å². The van der Waals surface area contributed by atoms with Gasteiger partial charge in [0.15, 0.2) is 0 Å². The van der Waals surface area contributed by atoms with Crippen LogP contribution in [0.5, 0.6) is 0 Å². The largest absolute Gasteiger partial charge is 0.466 e. The van der Waals surface area contributed by atoms with Gasteiger partial charge in [-0.05, 0) is 39.3 Å². The molecule has 1 unspecified atom stereocenters. The summed E-state index contributed by atoms with van der Waals surface area (Å²) in [6.45, 7) is 5.46. The van der Waals surface area contributed by atoms with Crippen molar-refractivity contribution in [2.75, 3.05) is 6.54 Å². The molecular weight excluding hydrogens is 322 g/mol. The van der Waals surface area contributed by atoms with Crippen LogP contribution >= 0.6 is 22.9 Å². The predicted molar refractivity (Wildman–Crippen MR) is 88.4 cm³/mol. The molecule has 6 heteroatoms. The van der Waals surface area contributed by atoms with Gasteiger partial charge in [-0.15, -0.1) is 11.3 Å². The lowest BCUT2D eigenvalue weighted by Gasteiger charge is -2.23. The van der Waals surface area contributed by atoms with Gasteiger partial charge >= 0.3 is 0 Å². The van der Waals surface area contributed by atoms with Crippen molar-refractivity contribution in [1.82, 2.24) is 5.32 Å². The fourth-order valence-electron chi connectivity index (χ4n) is 2.34. The molecule has 0 aromatic carbocycles. The third kappa shape index (κ3) is 4.35. The Bertz CT molecular complexity index is 660. The van der Waals surface area contributed by atoms with Crippen LogP contribution in [0.4, 0.5) is 0 Å². The van der Waals surface area contributed by atoms with Crippen molar-refractivity contribution in [2.24, 2.45) is 0 Å². The van der Waals surface area contributed by atoms with Crippen LogP contribution in [0.2, 0.25) is 5.02 Å². The molecule has 22 heavy (non-hydrogen) atoms. The molecule has 0 radical (unpaired) electrons. The molecule has 2 aromatic rings. The number of carbonyl (C=O) groups is 1. The van der Waals surface area contributed by atoms with Crippen molar-refractivity contribution in [3.8, 4) is 0 Å². The van der Waals surface area contributed by atoms with E-state index in [1.165, 1.54) is 0 Å². The van der Waals surface area contributed by atoms with Crippen LogP contribution in [0.1, 0.15) is 35.3 Å². The van der Waals surface area contributed by atoms with Crippen LogP contribution < -0.4 is 5.32 Å². The summed E-state index contributed by atoms with van der Waals surface area (Å²) >= 11 is 7.39. The highest BCUT2D eigenvalue weighted by molar-refractivity contribution is 7.10. The van der Waals surface area contributed by atoms with Gasteiger partial charge in [0.25, 0.3) is 0 Å². The third-order valence-corrected chi connectivity index (χ3v) is 4.82. The summed E-state index contributed by atoms with van der Waals surface area (Å²) in [7, 11) is 0. The molecule has 2 heterocycles. The van der Waals surface area contributed by atoms with Crippen molar-refractivity contribution in [3.63, 3.8) is 0 Å². The first kappa shape index (κ1) is 17.1. The Morgan fingerprint density at radius 3 is 2.73 bits per heavy atom. The average Bonchev–Trinajstić information content (AvgIpc) is 3.00. The Labute approximate surface area is 139 Å². The topological polar surface area (TPSA) is 62.5 Å². The maximum absolute atomic E-state index is 11.9. The first-order chi connectivity index (χ1) is 10.3. The zero-order valence-electron chi connectivity index (χ0n) is 12.9. The van der Waals surface area contributed by atoms with Crippen LogP contribution in [0.25, 0.3) is 0 Å². The van der Waals surface area contributed by atoms with Gasteiger partial charge in [-0.1, -0.05) is 11.6 Å². The van der Waals surface area contributed by atoms with E-state index in [0.29, 0.717) is 29.2 Å². The van der Waals surface area contributed by atoms with E-state index >= 15 is 0 Å². The van der Waals surface area contributed by atoms with Crippen LogP contribution in [0, 0.1) is 13.8 Å². The molecule has 0 saturated carbocycles. The molecule has 0 aliphatic rings. The summed E-state index contributed by atoms with van der Waals surface area (Å²) < 4.78 is 5.43. The lowest BCUT2D eigenvalue weighted by Crippen LogP contribution is -2.38. The summed E-state index contributed by atoms with van der Waals surface area (Å²) in [6, 6.07) is 3.67. The van der Waals surface area contributed by atoms with Crippen LogP contribution in [-0.2, 0) is 16.8 Å². The third-order valence-electron chi connectivity index (χ3n) is 3.47. The number of aliphatic hydroxyl groups is 1. The van der Waals surface area contributed by atoms with Gasteiger partial charge in [-0.2, -0.15) is 0 Å². The van der Waals surface area contributed by atoms with Gasteiger partial charge in [0.2, 0.25) is 5.91 Å². The minimum atomic E-state index is -1.15. The van der Waals surface area contributed by atoms with E-state index in [-0.39, 0.29) is 12.5 Å². The molecule has 0 fully saturated rings. The molecule has 0 aliphatic heterocycles. The summed E-state index contributed by atoms with van der Waals surface area (Å²) in [5, 5.41) is 15.9. The quantitative estimate of drug-likeness (QED) is 0.844. The molecule has 0 spiro atoms. The van der Waals surface area contributed by atoms with E-state index in [1.54, 1.807) is 31.3 Å². The lowest BCUT2D eigenvalue weighted by molar-refractivity contribution is -0.122. The predicted octanol–water partition coefficient (Wildman–Crippen LogP) is 3.57. The molecule has 2 N–H and O–H groups in total. The standard InChI is InChI=1S/C16H20ClNO3S/c1-10-6-14(11(2)21-10)16(3,20)9-18-15(19)5-4-13-7-12(17)8-22-13/h6-8,20H,4-5,9H2,1-3H3,(H,18,19). The molecule has 2 aromatic heterocycles. The molecule has 0 saturated heterocycles. The van der Waals surface area contributed by atoms with E-state index in [9.17, 15) is 9.90 Å². The Balaban J connectivity index is 1.86. The highest BCUT2D eigenvalue weighted by Gasteiger charge is 2.28. The number of hydrogen-bond acceptors (Lipinski definition) is 4. The van der Waals surface area contributed by atoms with Crippen molar-refractivity contribution in [3.05, 3.63) is 44.5 Å². The lowest BCUT2D eigenvalue weighted by atomic mass is 9.96. The zero-order valence-corrected chi connectivity index (χ0v) is 14.5. The molecule has 0 aliphatic carbocycles. The second kappa shape index (κ2) is 6.86. The number of halogens is 1. The summed E-state index contributed by atoms with van der Waals surface area (Å²) in [6.07, 6.45) is 1.02. The van der Waals surface area contributed by atoms with E-state index in [0.717, 1.165) is 10.6 Å². The van der Waals surface area contributed by atoms with Crippen molar-refractivity contribution in [1.29, 1.82) is 0 Å². The summed E-state index contributed by atoms with van der Waals surface area (Å²) in [4.78, 5) is 13.0. The summed E-state index contributed by atoms with van der Waals surface area (Å²) in [5.41, 5.74) is -0.445. The smallest absolute Gasteiger partial charge is 0.220 e. The first-order valence-corrected chi connectivity index (χ1v) is 8.33. The Morgan fingerprint density at radius 2 is 2.18 bits per heavy atom. The monoisotopic (exact) mass is 341 g/mol. The van der Waals surface area contributed by atoms with Gasteiger partial charge in [0, 0.05) is 22.2 Å². The van der Waals surface area contributed by atoms with Crippen LogP contribution in [0.3, 0.4) is 0 Å². The van der Waals surface area contributed by atoms with Gasteiger partial charge in [0.05, 0.1) is 11.6 Å². The van der Waals surface area contributed by atoms with Crippen molar-refractivity contribution >= 4 is 28.8 Å². The van der Waals surface area contributed by atoms with Crippen LogP contribution in [-0.4, -0.2) is 17.6 Å². The Kier molecular flexibility index (Phi) is 5.32. The molecule has 120 valence electrons. The average molecular weight is 342 g/mol. The highest BCUT2D eigenvalue weighted by atomic mass is 35.5. The van der Waals surface area contributed by atoms with Crippen LogP contribution in [0.15, 0.2) is 21.9 Å². The minimum absolute atomic E-state index is 0.0948. The molecule has 4 nitrogen and oxygen atoms in total. The molecule has 2 rings (SSSR count). The number of amides is 1. The molecule has 1 atom stereocenters. The molecule has 1 amide bonds. The second-order valence-electron chi connectivity index (χ2n) is 5.61. The highest BCUT2D eigenvalue weighted by Crippen LogP contribution is 2.26. The fourth-order valence-corrected chi connectivity index (χ4v) is 3.42. The van der Waals surface area contributed by atoms with Crippen molar-refractivity contribution < 1.29 is 14.3 Å². The summed E-state index contributed by atoms with van der Waals surface area (Å²) in [5.74, 6) is 1.32. The van der Waals surface area contributed by atoms with E-state index < -0.39 is 5.60 Å². The van der Waals surface area contributed by atoms with Gasteiger partial charge in [-0.3, -0.25) is 4.79 Å². The number of hydrogen-bond donors (Lipinski definition) is 2. The maximum Gasteiger partial charge on any atom is 0.220 e. The Morgan fingerprint density at radius 1 is 1.45 bits per heavy atom. The SMILES string of the molecule is Cc1cc(C(C)(O)CNC(=O)CCc2cc(Cl)cs2)c(C)o1. The first-order valence-electron chi connectivity index (χ1n) is 7.07. The number of thiophene rings is 1. The zero-order chi connectivity index (χ0) is 16.3. The molecular formula is C16H20ClNO3S. The number of carbonyl (C=O) groups excluding carboxylic acids is 1. The normalized spacial score (nSPS) is 13.9. The van der Waals surface area contributed by atoms with E-state index in [2.05, 4.69) is 5.32 Å². The van der Waals surface area contributed by atoms with Crippen molar-refractivity contribution in [2.45, 2.75) is 39.2 Å². The number of rotatable bonds is 6.